The molecule has 1 rings (SSSR count). The van der Waals surface area contributed by atoms with Crippen LogP contribution in [-0.2, 0) is 4.74 Å². The molecule has 1 aliphatic carbocycles. The van der Waals surface area contributed by atoms with Crippen molar-refractivity contribution >= 4 is 6.09 Å². The molecule has 82 valence electrons. The monoisotopic (exact) mass is 200 g/mol. The lowest BCUT2D eigenvalue weighted by Crippen LogP contribution is -2.40. The summed E-state index contributed by atoms with van der Waals surface area (Å²) < 4.78 is 4.99. The Morgan fingerprint density at radius 3 is 2.71 bits per heavy atom. The summed E-state index contributed by atoms with van der Waals surface area (Å²) in [6, 6.07) is 0.800. The first-order chi connectivity index (χ1) is 6.68. The predicted molar refractivity (Wildman–Crippen MR) is 55.3 cm³/mol. The second-order valence-electron chi connectivity index (χ2n) is 4.02. The van der Waals surface area contributed by atoms with Crippen LogP contribution in [0, 0.1) is 0 Å². The van der Waals surface area contributed by atoms with Gasteiger partial charge in [0.05, 0.1) is 0 Å². The van der Waals surface area contributed by atoms with E-state index in [1.165, 1.54) is 6.42 Å². The van der Waals surface area contributed by atoms with E-state index in [0.29, 0.717) is 18.7 Å². The third kappa shape index (κ3) is 4.46. The van der Waals surface area contributed by atoms with E-state index in [2.05, 4.69) is 24.5 Å². The van der Waals surface area contributed by atoms with E-state index in [1.54, 1.807) is 0 Å². The summed E-state index contributed by atoms with van der Waals surface area (Å²) in [5.41, 5.74) is 0. The van der Waals surface area contributed by atoms with Crippen LogP contribution in [0.2, 0.25) is 0 Å². The van der Waals surface area contributed by atoms with Crippen molar-refractivity contribution in [2.45, 2.75) is 45.2 Å². The van der Waals surface area contributed by atoms with Gasteiger partial charge in [0.1, 0.15) is 6.61 Å². The molecule has 0 aromatic heterocycles. The van der Waals surface area contributed by atoms with E-state index in [9.17, 15) is 4.79 Å². The summed E-state index contributed by atoms with van der Waals surface area (Å²) in [5.74, 6) is 0. The van der Waals surface area contributed by atoms with Crippen molar-refractivity contribution in [3.05, 3.63) is 0 Å². The van der Waals surface area contributed by atoms with E-state index in [0.717, 1.165) is 19.4 Å². The molecule has 0 bridgehead atoms. The van der Waals surface area contributed by atoms with Gasteiger partial charge in [-0.15, -0.1) is 0 Å². The zero-order valence-corrected chi connectivity index (χ0v) is 9.01. The molecule has 0 saturated heterocycles. The lowest BCUT2D eigenvalue weighted by Gasteiger charge is -2.25. The van der Waals surface area contributed by atoms with Crippen molar-refractivity contribution in [2.75, 3.05) is 13.2 Å². The fourth-order valence-corrected chi connectivity index (χ4v) is 1.25. The number of hydrogen-bond donors (Lipinski definition) is 2. The SMILES string of the molecule is CC(C)NCCOC(=O)NC1CCC1. The first-order valence-corrected chi connectivity index (χ1v) is 5.35. The van der Waals surface area contributed by atoms with E-state index in [1.807, 2.05) is 0 Å². The smallest absolute Gasteiger partial charge is 0.407 e. The highest BCUT2D eigenvalue weighted by molar-refractivity contribution is 5.67. The highest BCUT2D eigenvalue weighted by atomic mass is 16.5. The Labute approximate surface area is 85.4 Å². The Bertz CT molecular complexity index is 179. The van der Waals surface area contributed by atoms with Gasteiger partial charge >= 0.3 is 6.09 Å². The topological polar surface area (TPSA) is 50.4 Å². The van der Waals surface area contributed by atoms with Crippen molar-refractivity contribution < 1.29 is 9.53 Å². The maximum absolute atomic E-state index is 11.1. The molecule has 0 heterocycles. The fraction of sp³-hybridized carbons (Fsp3) is 0.900. The third-order valence-corrected chi connectivity index (χ3v) is 2.31. The molecule has 0 aromatic carbocycles. The third-order valence-electron chi connectivity index (χ3n) is 2.31. The van der Waals surface area contributed by atoms with Gasteiger partial charge in [0.15, 0.2) is 0 Å². The molecule has 0 radical (unpaired) electrons. The first-order valence-electron chi connectivity index (χ1n) is 5.35. The molecule has 0 aliphatic heterocycles. The van der Waals surface area contributed by atoms with Crippen LogP contribution in [0.5, 0.6) is 0 Å². The summed E-state index contributed by atoms with van der Waals surface area (Å²) in [7, 11) is 0. The molecule has 0 spiro atoms. The first kappa shape index (κ1) is 11.3. The van der Waals surface area contributed by atoms with E-state index < -0.39 is 0 Å². The van der Waals surface area contributed by atoms with Gasteiger partial charge in [0, 0.05) is 18.6 Å². The zero-order chi connectivity index (χ0) is 10.4. The largest absolute Gasteiger partial charge is 0.448 e. The molecule has 14 heavy (non-hydrogen) atoms. The van der Waals surface area contributed by atoms with Crippen LogP contribution in [0.4, 0.5) is 4.79 Å². The molecule has 4 nitrogen and oxygen atoms in total. The van der Waals surface area contributed by atoms with Crippen LogP contribution in [0.1, 0.15) is 33.1 Å². The summed E-state index contributed by atoms with van der Waals surface area (Å²) in [6.07, 6.45) is 3.14. The van der Waals surface area contributed by atoms with Gasteiger partial charge in [-0.1, -0.05) is 13.8 Å². The van der Waals surface area contributed by atoms with E-state index in [-0.39, 0.29) is 6.09 Å². The molecule has 0 atom stereocenters. The Hall–Kier alpha value is -0.770. The minimum absolute atomic E-state index is 0.278. The number of alkyl carbamates (subject to hydrolysis) is 1. The average molecular weight is 200 g/mol. The Balaban J connectivity index is 1.92. The Morgan fingerprint density at radius 2 is 2.21 bits per heavy atom. The molecule has 1 aliphatic rings. The lowest BCUT2D eigenvalue weighted by atomic mass is 9.93. The number of carbonyl (C=O) groups is 1. The zero-order valence-electron chi connectivity index (χ0n) is 9.01. The number of ether oxygens (including phenoxy) is 1. The Kier molecular flexibility index (Phi) is 4.73. The standard InChI is InChI=1S/C10H20N2O2/c1-8(2)11-6-7-14-10(13)12-9-4-3-5-9/h8-9,11H,3-7H2,1-2H3,(H,12,13). The van der Waals surface area contributed by atoms with Gasteiger partial charge in [-0.25, -0.2) is 4.79 Å². The second kappa shape index (κ2) is 5.86. The van der Waals surface area contributed by atoms with Crippen molar-refractivity contribution in [1.29, 1.82) is 0 Å². The van der Waals surface area contributed by atoms with Crippen LogP contribution in [-0.4, -0.2) is 31.3 Å². The lowest BCUT2D eigenvalue weighted by molar-refractivity contribution is 0.136. The maximum Gasteiger partial charge on any atom is 0.407 e. The average Bonchev–Trinajstić information content (AvgIpc) is 2.05. The number of rotatable bonds is 5. The maximum atomic E-state index is 11.1. The van der Waals surface area contributed by atoms with Crippen molar-refractivity contribution in [2.24, 2.45) is 0 Å². The Morgan fingerprint density at radius 1 is 1.50 bits per heavy atom. The molecule has 2 N–H and O–H groups in total. The molecule has 0 unspecified atom stereocenters. The van der Waals surface area contributed by atoms with Gasteiger partial charge in [0.2, 0.25) is 0 Å². The highest BCUT2D eigenvalue weighted by Gasteiger charge is 2.19. The van der Waals surface area contributed by atoms with E-state index in [4.69, 9.17) is 4.74 Å². The van der Waals surface area contributed by atoms with E-state index >= 15 is 0 Å². The molecule has 4 heteroatoms. The van der Waals surface area contributed by atoms with Crippen molar-refractivity contribution in [3.63, 3.8) is 0 Å². The molecule has 1 saturated carbocycles. The van der Waals surface area contributed by atoms with Crippen LogP contribution in [0.15, 0.2) is 0 Å². The van der Waals surface area contributed by atoms with Crippen molar-refractivity contribution in [1.82, 2.24) is 10.6 Å². The van der Waals surface area contributed by atoms with Gasteiger partial charge in [-0.05, 0) is 19.3 Å². The van der Waals surface area contributed by atoms with Gasteiger partial charge in [0.25, 0.3) is 0 Å². The summed E-state index contributed by atoms with van der Waals surface area (Å²) >= 11 is 0. The van der Waals surface area contributed by atoms with Crippen LogP contribution < -0.4 is 10.6 Å². The number of nitrogens with one attached hydrogen (secondary N) is 2. The number of carbonyl (C=O) groups excluding carboxylic acids is 1. The summed E-state index contributed by atoms with van der Waals surface area (Å²) in [5, 5.41) is 5.99. The quantitative estimate of drug-likeness (QED) is 0.657. The minimum Gasteiger partial charge on any atom is -0.448 e. The fourth-order valence-electron chi connectivity index (χ4n) is 1.25. The number of amides is 1. The molecule has 0 aromatic rings. The molecular weight excluding hydrogens is 180 g/mol. The van der Waals surface area contributed by atoms with Crippen molar-refractivity contribution in [3.8, 4) is 0 Å². The van der Waals surface area contributed by atoms with Crippen LogP contribution in [0.25, 0.3) is 0 Å². The molecule has 1 amide bonds. The highest BCUT2D eigenvalue weighted by Crippen LogP contribution is 2.17. The minimum atomic E-state index is -0.278. The van der Waals surface area contributed by atoms with Gasteiger partial charge in [-0.3, -0.25) is 0 Å². The van der Waals surface area contributed by atoms with Crippen LogP contribution >= 0.6 is 0 Å². The normalized spacial score (nSPS) is 16.5. The molecular formula is C10H20N2O2. The number of hydrogen-bond acceptors (Lipinski definition) is 3. The van der Waals surface area contributed by atoms with Crippen LogP contribution in [0.3, 0.4) is 0 Å². The van der Waals surface area contributed by atoms with Gasteiger partial charge < -0.3 is 15.4 Å². The summed E-state index contributed by atoms with van der Waals surface area (Å²) in [6.45, 7) is 5.29. The predicted octanol–water partition coefficient (Wildman–Crippen LogP) is 1.26. The van der Waals surface area contributed by atoms with Gasteiger partial charge in [-0.2, -0.15) is 0 Å². The summed E-state index contributed by atoms with van der Waals surface area (Å²) in [4.78, 5) is 11.1. The molecule has 1 fully saturated rings. The second-order valence-corrected chi connectivity index (χ2v) is 4.02.